The largest absolute Gasteiger partial charge is 0.478 e. The molecule has 114 valence electrons. The molecule has 1 fully saturated rings. The molecule has 4 heteroatoms. The zero-order valence-electron chi connectivity index (χ0n) is 12.9. The molecular weight excluding hydrogens is 264 g/mol. The average molecular weight is 288 g/mol. The lowest BCUT2D eigenvalue weighted by atomic mass is 9.94. The maximum atomic E-state index is 11.7. The second-order valence-corrected chi connectivity index (χ2v) is 6.75. The molecule has 0 bridgehead atoms. The third-order valence-electron chi connectivity index (χ3n) is 4.33. The molecule has 0 aromatic carbocycles. The molecule has 1 saturated carbocycles. The fourth-order valence-electron chi connectivity index (χ4n) is 3.19. The van der Waals surface area contributed by atoms with E-state index in [0.29, 0.717) is 23.3 Å². The molecule has 1 aromatic heterocycles. The van der Waals surface area contributed by atoms with Crippen molar-refractivity contribution >= 4 is 11.8 Å². The Morgan fingerprint density at radius 3 is 2.71 bits per heavy atom. The number of aryl methyl sites for hydroxylation is 2. The van der Waals surface area contributed by atoms with Gasteiger partial charge < -0.3 is 10.0 Å². The van der Waals surface area contributed by atoms with Crippen molar-refractivity contribution in [2.45, 2.75) is 58.4 Å². The van der Waals surface area contributed by atoms with Crippen molar-refractivity contribution in [3.8, 4) is 0 Å². The second kappa shape index (κ2) is 5.66. The van der Waals surface area contributed by atoms with Gasteiger partial charge in [0.1, 0.15) is 11.4 Å². The molecule has 0 aliphatic heterocycles. The van der Waals surface area contributed by atoms with Gasteiger partial charge in [-0.3, -0.25) is 0 Å². The van der Waals surface area contributed by atoms with Crippen molar-refractivity contribution in [3.63, 3.8) is 0 Å². The number of pyridine rings is 1. The number of aromatic carboxylic acids is 1. The average Bonchev–Trinajstić information content (AvgIpc) is 3.27. The summed E-state index contributed by atoms with van der Waals surface area (Å²) in [6, 6.07) is 2.37. The Balaban J connectivity index is 2.03. The summed E-state index contributed by atoms with van der Waals surface area (Å²) in [5, 5.41) is 9.59. The van der Waals surface area contributed by atoms with Crippen molar-refractivity contribution in [2.75, 3.05) is 11.4 Å². The highest BCUT2D eigenvalue weighted by Gasteiger charge is 2.33. The minimum atomic E-state index is -0.847. The third-order valence-corrected chi connectivity index (χ3v) is 4.33. The van der Waals surface area contributed by atoms with Crippen LogP contribution < -0.4 is 4.90 Å². The predicted octanol–water partition coefficient (Wildman–Crippen LogP) is 3.28. The number of carboxylic acid groups (broad SMARTS) is 1. The second-order valence-electron chi connectivity index (χ2n) is 6.75. The summed E-state index contributed by atoms with van der Waals surface area (Å²) in [7, 11) is 0. The summed E-state index contributed by atoms with van der Waals surface area (Å²) in [5.41, 5.74) is 2.65. The van der Waals surface area contributed by atoms with Gasteiger partial charge >= 0.3 is 5.97 Å². The Morgan fingerprint density at radius 2 is 2.10 bits per heavy atom. The van der Waals surface area contributed by atoms with Gasteiger partial charge in [0.15, 0.2) is 0 Å². The van der Waals surface area contributed by atoms with Crippen LogP contribution in [0.25, 0.3) is 0 Å². The summed E-state index contributed by atoms with van der Waals surface area (Å²) >= 11 is 0. The smallest absolute Gasteiger partial charge is 0.339 e. The highest BCUT2D eigenvalue weighted by atomic mass is 16.4. The van der Waals surface area contributed by atoms with Crippen LogP contribution in [-0.4, -0.2) is 28.6 Å². The molecule has 0 saturated heterocycles. The summed E-state index contributed by atoms with van der Waals surface area (Å²) in [6.45, 7) is 5.24. The summed E-state index contributed by atoms with van der Waals surface area (Å²) in [5.74, 6) is 0.365. The summed E-state index contributed by atoms with van der Waals surface area (Å²) in [6.07, 6.45) is 6.58. The Labute approximate surface area is 126 Å². The van der Waals surface area contributed by atoms with Crippen molar-refractivity contribution in [1.82, 2.24) is 4.98 Å². The van der Waals surface area contributed by atoms with Gasteiger partial charge in [-0.2, -0.15) is 0 Å². The predicted molar refractivity (Wildman–Crippen MR) is 83.0 cm³/mol. The van der Waals surface area contributed by atoms with Crippen LogP contribution in [0.1, 0.15) is 61.1 Å². The molecule has 1 heterocycles. The Morgan fingerprint density at radius 1 is 1.38 bits per heavy atom. The Hall–Kier alpha value is -1.58. The normalized spacial score (nSPS) is 17.7. The molecule has 0 atom stereocenters. The highest BCUT2D eigenvalue weighted by Crippen LogP contribution is 2.35. The molecule has 2 aliphatic carbocycles. The number of fused-ring (bicyclic) bond motifs is 1. The van der Waals surface area contributed by atoms with Crippen LogP contribution in [0.3, 0.4) is 0 Å². The number of anilines is 1. The van der Waals surface area contributed by atoms with E-state index in [1.165, 1.54) is 6.42 Å². The van der Waals surface area contributed by atoms with Crippen molar-refractivity contribution < 1.29 is 9.90 Å². The van der Waals surface area contributed by atoms with Gasteiger partial charge in [0.2, 0.25) is 0 Å². The fraction of sp³-hybridized carbons (Fsp3) is 0.647. The Kier molecular flexibility index (Phi) is 3.87. The lowest BCUT2D eigenvalue weighted by molar-refractivity contribution is 0.0697. The number of hydrogen-bond acceptors (Lipinski definition) is 3. The Bertz CT molecular complexity index is 550. The number of nitrogens with zero attached hydrogens (tertiary/aromatic N) is 2. The molecule has 3 rings (SSSR count). The monoisotopic (exact) mass is 288 g/mol. The van der Waals surface area contributed by atoms with Crippen LogP contribution in [-0.2, 0) is 12.8 Å². The SMILES string of the molecule is CC(C)CN(c1nc2c(cc1C(=O)O)CCCC2)C1CC1. The topological polar surface area (TPSA) is 53.4 Å². The van der Waals surface area contributed by atoms with Crippen LogP contribution in [0.2, 0.25) is 0 Å². The van der Waals surface area contributed by atoms with Crippen molar-refractivity contribution in [2.24, 2.45) is 5.92 Å². The molecule has 0 spiro atoms. The van der Waals surface area contributed by atoms with Crippen LogP contribution in [0.5, 0.6) is 0 Å². The minimum absolute atomic E-state index is 0.392. The number of aromatic nitrogens is 1. The first kappa shape index (κ1) is 14.4. The molecule has 0 amide bonds. The van der Waals surface area contributed by atoms with E-state index in [4.69, 9.17) is 4.98 Å². The van der Waals surface area contributed by atoms with E-state index in [2.05, 4.69) is 18.7 Å². The molecule has 0 unspecified atom stereocenters. The van der Waals surface area contributed by atoms with Gasteiger partial charge in [0.05, 0.1) is 0 Å². The maximum Gasteiger partial charge on any atom is 0.339 e. The zero-order chi connectivity index (χ0) is 15.0. The highest BCUT2D eigenvalue weighted by molar-refractivity contribution is 5.93. The standard InChI is InChI=1S/C17H24N2O2/c1-11(2)10-19(13-7-8-13)16-14(17(20)21)9-12-5-3-4-6-15(12)18-16/h9,11,13H,3-8,10H2,1-2H3,(H,20,21). The van der Waals surface area contributed by atoms with Gasteiger partial charge in [-0.15, -0.1) is 0 Å². The van der Waals surface area contributed by atoms with E-state index in [-0.39, 0.29) is 0 Å². The minimum Gasteiger partial charge on any atom is -0.478 e. The van der Waals surface area contributed by atoms with Crippen LogP contribution in [0.15, 0.2) is 6.07 Å². The fourth-order valence-corrected chi connectivity index (χ4v) is 3.19. The van der Waals surface area contributed by atoms with Gasteiger partial charge in [-0.25, -0.2) is 9.78 Å². The molecule has 1 aromatic rings. The summed E-state index contributed by atoms with van der Waals surface area (Å²) < 4.78 is 0. The van der Waals surface area contributed by atoms with Crippen molar-refractivity contribution in [1.29, 1.82) is 0 Å². The van der Waals surface area contributed by atoms with E-state index in [1.54, 1.807) is 0 Å². The van der Waals surface area contributed by atoms with Gasteiger partial charge in [0, 0.05) is 18.3 Å². The lowest BCUT2D eigenvalue weighted by Crippen LogP contribution is -2.32. The number of carbonyl (C=O) groups is 1. The molecule has 1 N–H and O–H groups in total. The van der Waals surface area contributed by atoms with Crippen molar-refractivity contribution in [3.05, 3.63) is 22.9 Å². The molecule has 0 radical (unpaired) electrons. The number of carboxylic acids is 1. The van der Waals surface area contributed by atoms with E-state index in [1.807, 2.05) is 6.07 Å². The molecule has 21 heavy (non-hydrogen) atoms. The molecule has 4 nitrogen and oxygen atoms in total. The quantitative estimate of drug-likeness (QED) is 0.903. The van der Waals surface area contributed by atoms with Gasteiger partial charge in [0.25, 0.3) is 0 Å². The van der Waals surface area contributed by atoms with Crippen LogP contribution in [0, 0.1) is 5.92 Å². The lowest BCUT2D eigenvalue weighted by Gasteiger charge is -2.28. The van der Waals surface area contributed by atoms with Crippen LogP contribution >= 0.6 is 0 Å². The first-order chi connectivity index (χ1) is 10.1. The van der Waals surface area contributed by atoms with E-state index < -0.39 is 5.97 Å². The van der Waals surface area contributed by atoms with Gasteiger partial charge in [-0.05, 0) is 56.1 Å². The molecule has 2 aliphatic rings. The van der Waals surface area contributed by atoms with E-state index >= 15 is 0 Å². The maximum absolute atomic E-state index is 11.7. The first-order valence-corrected chi connectivity index (χ1v) is 8.09. The first-order valence-electron chi connectivity index (χ1n) is 8.09. The number of rotatable bonds is 5. The van der Waals surface area contributed by atoms with Gasteiger partial charge in [-0.1, -0.05) is 13.8 Å². The third kappa shape index (κ3) is 3.04. The van der Waals surface area contributed by atoms with Crippen LogP contribution in [0.4, 0.5) is 5.82 Å². The van der Waals surface area contributed by atoms with E-state index in [0.717, 1.165) is 49.9 Å². The summed E-state index contributed by atoms with van der Waals surface area (Å²) in [4.78, 5) is 18.7. The molecular formula is C17H24N2O2. The number of hydrogen-bond donors (Lipinski definition) is 1. The zero-order valence-corrected chi connectivity index (χ0v) is 12.9. The van der Waals surface area contributed by atoms with E-state index in [9.17, 15) is 9.90 Å².